The number of hydrogen-bond acceptors (Lipinski definition) is 3. The summed E-state index contributed by atoms with van der Waals surface area (Å²) in [6, 6.07) is 4.06. The van der Waals surface area contributed by atoms with E-state index < -0.39 is 0 Å². The maximum absolute atomic E-state index is 13.2. The number of halogens is 1. The summed E-state index contributed by atoms with van der Waals surface area (Å²) in [5, 5.41) is 4.01. The first-order valence-corrected chi connectivity index (χ1v) is 8.04. The van der Waals surface area contributed by atoms with E-state index in [4.69, 9.17) is 0 Å². The molecular weight excluding hydrogens is 309 g/mol. The molecule has 0 unspecified atom stereocenters. The van der Waals surface area contributed by atoms with Crippen LogP contribution in [-0.2, 0) is 7.05 Å². The molecule has 0 N–H and O–H groups in total. The molecule has 1 fully saturated rings. The summed E-state index contributed by atoms with van der Waals surface area (Å²) in [4.78, 5) is 26.9. The van der Waals surface area contributed by atoms with E-state index in [-0.39, 0.29) is 30.0 Å². The van der Waals surface area contributed by atoms with Gasteiger partial charge in [-0.15, -0.1) is 0 Å². The maximum Gasteiger partial charge on any atom is 0.254 e. The Balaban J connectivity index is 1.75. The average molecular weight is 329 g/mol. The number of nitrogens with zero attached hydrogens (tertiary/aromatic N) is 3. The molecule has 1 atom stereocenters. The summed E-state index contributed by atoms with van der Waals surface area (Å²) in [6.07, 6.45) is 5.20. The topological polar surface area (TPSA) is 55.2 Å². The summed E-state index contributed by atoms with van der Waals surface area (Å²) in [7, 11) is 1.76. The van der Waals surface area contributed by atoms with Crippen molar-refractivity contribution in [3.05, 3.63) is 53.1 Å². The van der Waals surface area contributed by atoms with Crippen molar-refractivity contribution in [3.63, 3.8) is 0 Å². The van der Waals surface area contributed by atoms with Gasteiger partial charge in [0.05, 0.1) is 11.8 Å². The van der Waals surface area contributed by atoms with Crippen LogP contribution in [0.5, 0.6) is 0 Å². The number of carbonyl (C=O) groups is 2. The van der Waals surface area contributed by atoms with Gasteiger partial charge in [0.2, 0.25) is 0 Å². The predicted octanol–water partition coefficient (Wildman–Crippen LogP) is 2.75. The van der Waals surface area contributed by atoms with Crippen molar-refractivity contribution in [2.24, 2.45) is 7.05 Å². The molecule has 1 aliphatic rings. The van der Waals surface area contributed by atoms with E-state index in [2.05, 4.69) is 5.10 Å². The number of hydrogen-bond donors (Lipinski definition) is 0. The van der Waals surface area contributed by atoms with Crippen LogP contribution >= 0.6 is 0 Å². The smallest absolute Gasteiger partial charge is 0.254 e. The second kappa shape index (κ2) is 6.55. The molecule has 5 nitrogen and oxygen atoms in total. The first kappa shape index (κ1) is 16.4. The summed E-state index contributed by atoms with van der Waals surface area (Å²) in [5.74, 6) is -0.494. The van der Waals surface area contributed by atoms with Gasteiger partial charge in [0, 0.05) is 37.8 Å². The van der Waals surface area contributed by atoms with Gasteiger partial charge in [-0.05, 0) is 43.5 Å². The van der Waals surface area contributed by atoms with Gasteiger partial charge < -0.3 is 4.90 Å². The molecule has 3 rings (SSSR count). The monoisotopic (exact) mass is 329 g/mol. The van der Waals surface area contributed by atoms with E-state index in [9.17, 15) is 14.0 Å². The molecule has 24 heavy (non-hydrogen) atoms. The minimum atomic E-state index is -0.353. The lowest BCUT2D eigenvalue weighted by Gasteiger charge is -2.25. The number of amides is 1. The number of Topliss-reactive ketones (excluding diaryl/α,β-unsaturated/α-hetero) is 1. The molecule has 6 heteroatoms. The van der Waals surface area contributed by atoms with E-state index in [1.807, 2.05) is 0 Å². The second-order valence-electron chi connectivity index (χ2n) is 6.28. The number of benzene rings is 1. The van der Waals surface area contributed by atoms with Crippen LogP contribution in [0.1, 0.15) is 45.5 Å². The van der Waals surface area contributed by atoms with Crippen molar-refractivity contribution < 1.29 is 14.0 Å². The fraction of sp³-hybridized carbons (Fsp3) is 0.389. The van der Waals surface area contributed by atoms with Gasteiger partial charge in [-0.1, -0.05) is 0 Å². The highest BCUT2D eigenvalue weighted by molar-refractivity contribution is 5.98. The van der Waals surface area contributed by atoms with Crippen LogP contribution in [0.3, 0.4) is 0 Å². The van der Waals surface area contributed by atoms with Gasteiger partial charge in [0.1, 0.15) is 5.82 Å². The number of carbonyl (C=O) groups excluding carboxylic acids is 2. The second-order valence-corrected chi connectivity index (χ2v) is 6.28. The standard InChI is InChI=1S/C18H20FN3O2/c1-12-8-14(19)5-6-16(12)18(24)22-7-3-4-15(22)9-17(23)13-10-20-21(2)11-13/h5-6,8,10-11,15H,3-4,7,9H2,1-2H3/t15-/m1/s1. The molecule has 2 aromatic rings. The quantitative estimate of drug-likeness (QED) is 0.811. The lowest BCUT2D eigenvalue weighted by molar-refractivity contribution is 0.0716. The van der Waals surface area contributed by atoms with Crippen LogP contribution in [0.25, 0.3) is 0 Å². The lowest BCUT2D eigenvalue weighted by Crippen LogP contribution is -2.37. The maximum atomic E-state index is 13.2. The van der Waals surface area contributed by atoms with Crippen molar-refractivity contribution in [3.8, 4) is 0 Å². The summed E-state index contributed by atoms with van der Waals surface area (Å²) in [6.45, 7) is 2.35. The van der Waals surface area contributed by atoms with E-state index in [1.165, 1.54) is 18.2 Å². The first-order chi connectivity index (χ1) is 11.5. The van der Waals surface area contributed by atoms with Crippen LogP contribution in [-0.4, -0.2) is 39.0 Å². The molecule has 0 saturated carbocycles. The van der Waals surface area contributed by atoms with Crippen LogP contribution < -0.4 is 0 Å². The van der Waals surface area contributed by atoms with Gasteiger partial charge >= 0.3 is 0 Å². The van der Waals surface area contributed by atoms with Crippen molar-refractivity contribution in [1.82, 2.24) is 14.7 Å². The number of rotatable bonds is 4. The average Bonchev–Trinajstić information content (AvgIpc) is 3.15. The first-order valence-electron chi connectivity index (χ1n) is 8.04. The molecular formula is C18H20FN3O2. The number of aryl methyl sites for hydroxylation is 2. The third-order valence-corrected chi connectivity index (χ3v) is 4.50. The summed E-state index contributed by atoms with van der Waals surface area (Å²) in [5.41, 5.74) is 1.68. The van der Waals surface area contributed by atoms with Gasteiger partial charge in [-0.25, -0.2) is 4.39 Å². The molecule has 0 radical (unpaired) electrons. The van der Waals surface area contributed by atoms with E-state index in [1.54, 1.807) is 35.9 Å². The van der Waals surface area contributed by atoms with Crippen molar-refractivity contribution >= 4 is 11.7 Å². The highest BCUT2D eigenvalue weighted by Gasteiger charge is 2.32. The van der Waals surface area contributed by atoms with E-state index in [0.29, 0.717) is 23.2 Å². The molecule has 1 aliphatic heterocycles. The fourth-order valence-corrected chi connectivity index (χ4v) is 3.23. The van der Waals surface area contributed by atoms with Crippen LogP contribution in [0.15, 0.2) is 30.6 Å². The Hall–Kier alpha value is -2.50. The largest absolute Gasteiger partial charge is 0.335 e. The summed E-state index contributed by atoms with van der Waals surface area (Å²) < 4.78 is 14.8. The van der Waals surface area contributed by atoms with Crippen molar-refractivity contribution in [1.29, 1.82) is 0 Å². The minimum absolute atomic E-state index is 0.0105. The molecule has 0 aliphatic carbocycles. The molecule has 1 aromatic heterocycles. The molecule has 1 saturated heterocycles. The molecule has 2 heterocycles. The van der Waals surface area contributed by atoms with E-state index >= 15 is 0 Å². The normalized spacial score (nSPS) is 17.3. The number of likely N-dealkylation sites (tertiary alicyclic amines) is 1. The van der Waals surface area contributed by atoms with E-state index in [0.717, 1.165) is 12.8 Å². The molecule has 1 amide bonds. The highest BCUT2D eigenvalue weighted by Crippen LogP contribution is 2.25. The van der Waals surface area contributed by atoms with Crippen molar-refractivity contribution in [2.75, 3.05) is 6.54 Å². The summed E-state index contributed by atoms with van der Waals surface area (Å²) >= 11 is 0. The number of aromatic nitrogens is 2. The Morgan fingerprint density at radius 3 is 2.83 bits per heavy atom. The molecule has 1 aromatic carbocycles. The molecule has 126 valence electrons. The SMILES string of the molecule is Cc1cc(F)ccc1C(=O)N1CCC[C@@H]1CC(=O)c1cnn(C)c1. The van der Waals surface area contributed by atoms with Gasteiger partial charge in [-0.3, -0.25) is 14.3 Å². The molecule has 0 bridgehead atoms. The highest BCUT2D eigenvalue weighted by atomic mass is 19.1. The Morgan fingerprint density at radius 1 is 1.38 bits per heavy atom. The Labute approximate surface area is 140 Å². The molecule has 0 spiro atoms. The van der Waals surface area contributed by atoms with Gasteiger partial charge in [-0.2, -0.15) is 5.10 Å². The van der Waals surface area contributed by atoms with Gasteiger partial charge in [0.25, 0.3) is 5.91 Å². The van der Waals surface area contributed by atoms with Crippen LogP contribution in [0, 0.1) is 12.7 Å². The fourth-order valence-electron chi connectivity index (χ4n) is 3.23. The zero-order valence-electron chi connectivity index (χ0n) is 13.8. The predicted molar refractivity (Wildman–Crippen MR) is 87.4 cm³/mol. The minimum Gasteiger partial charge on any atom is -0.335 e. The Morgan fingerprint density at radius 2 is 2.17 bits per heavy atom. The third-order valence-electron chi connectivity index (χ3n) is 4.50. The van der Waals surface area contributed by atoms with Gasteiger partial charge in [0.15, 0.2) is 5.78 Å². The number of ketones is 1. The van der Waals surface area contributed by atoms with Crippen LogP contribution in [0.2, 0.25) is 0 Å². The zero-order valence-corrected chi connectivity index (χ0v) is 13.8. The third kappa shape index (κ3) is 3.22. The Bertz CT molecular complexity index is 784. The zero-order chi connectivity index (χ0) is 17.3. The lowest BCUT2D eigenvalue weighted by atomic mass is 10.0. The Kier molecular flexibility index (Phi) is 4.46. The van der Waals surface area contributed by atoms with Crippen molar-refractivity contribution in [2.45, 2.75) is 32.2 Å². The van der Waals surface area contributed by atoms with Crippen LogP contribution in [0.4, 0.5) is 4.39 Å².